The normalized spacial score (nSPS) is 21.1. The number of ether oxygens (including phenoxy) is 1. The lowest BCUT2D eigenvalue weighted by Gasteiger charge is -2.30. The maximum atomic E-state index is 12.0. The predicted molar refractivity (Wildman–Crippen MR) is 56.1 cm³/mol. The second-order valence-electron chi connectivity index (χ2n) is 4.07. The molecule has 0 radical (unpaired) electrons. The third kappa shape index (κ3) is 3.21. The van der Waals surface area contributed by atoms with Crippen LogP contribution in [0.15, 0.2) is 0 Å². The van der Waals surface area contributed by atoms with Gasteiger partial charge in [-0.05, 0) is 33.1 Å². The van der Waals surface area contributed by atoms with Crippen LogP contribution >= 0.6 is 0 Å². The van der Waals surface area contributed by atoms with Crippen molar-refractivity contribution in [2.75, 3.05) is 13.2 Å². The molecular weight excluding hydrogens is 192 g/mol. The zero-order valence-electron chi connectivity index (χ0n) is 9.40. The van der Waals surface area contributed by atoms with Crippen molar-refractivity contribution >= 4 is 5.91 Å². The molecule has 1 fully saturated rings. The van der Waals surface area contributed by atoms with Gasteiger partial charge in [0.15, 0.2) is 0 Å². The summed E-state index contributed by atoms with van der Waals surface area (Å²) >= 11 is 0. The zero-order valence-corrected chi connectivity index (χ0v) is 9.40. The van der Waals surface area contributed by atoms with Crippen molar-refractivity contribution in [2.24, 2.45) is 0 Å². The molecule has 0 aromatic rings. The molecule has 1 aliphatic rings. The van der Waals surface area contributed by atoms with Gasteiger partial charge in [0.05, 0.1) is 6.07 Å². The monoisotopic (exact) mass is 210 g/mol. The summed E-state index contributed by atoms with van der Waals surface area (Å²) in [4.78, 5) is 13.6. The van der Waals surface area contributed by atoms with E-state index in [1.54, 1.807) is 4.90 Å². The molecule has 0 aromatic heterocycles. The SMILES string of the molecule is CC(C)N(CC#N)C(=O)C1CCCCO1. The molecule has 1 unspecified atom stereocenters. The summed E-state index contributed by atoms with van der Waals surface area (Å²) in [6.45, 7) is 4.64. The Hall–Kier alpha value is -1.08. The molecule has 0 aromatic carbocycles. The molecule has 15 heavy (non-hydrogen) atoms. The van der Waals surface area contributed by atoms with E-state index in [2.05, 4.69) is 0 Å². The molecule has 1 atom stereocenters. The maximum absolute atomic E-state index is 12.0. The molecular formula is C11H18N2O2. The summed E-state index contributed by atoms with van der Waals surface area (Å²) in [5, 5.41) is 8.65. The first-order chi connectivity index (χ1) is 7.16. The minimum atomic E-state index is -0.325. The van der Waals surface area contributed by atoms with Crippen LogP contribution in [0, 0.1) is 11.3 Å². The zero-order chi connectivity index (χ0) is 11.3. The number of nitriles is 1. The molecule has 4 nitrogen and oxygen atoms in total. The molecule has 1 saturated heterocycles. The molecule has 4 heteroatoms. The number of carbonyl (C=O) groups excluding carboxylic acids is 1. The van der Waals surface area contributed by atoms with Crippen molar-refractivity contribution in [3.8, 4) is 6.07 Å². The molecule has 0 bridgehead atoms. The van der Waals surface area contributed by atoms with E-state index < -0.39 is 0 Å². The Morgan fingerprint density at radius 3 is 2.80 bits per heavy atom. The molecule has 84 valence electrons. The van der Waals surface area contributed by atoms with Crippen LogP contribution in [0.4, 0.5) is 0 Å². The van der Waals surface area contributed by atoms with Gasteiger partial charge in [0, 0.05) is 12.6 Å². The van der Waals surface area contributed by atoms with Gasteiger partial charge in [0.2, 0.25) is 0 Å². The lowest BCUT2D eigenvalue weighted by molar-refractivity contribution is -0.147. The van der Waals surface area contributed by atoms with Crippen LogP contribution < -0.4 is 0 Å². The van der Waals surface area contributed by atoms with Crippen LogP contribution in [0.25, 0.3) is 0 Å². The van der Waals surface area contributed by atoms with E-state index in [9.17, 15) is 4.79 Å². The van der Waals surface area contributed by atoms with Crippen molar-refractivity contribution < 1.29 is 9.53 Å². The molecule has 0 saturated carbocycles. The van der Waals surface area contributed by atoms with Gasteiger partial charge in [-0.3, -0.25) is 4.79 Å². The smallest absolute Gasteiger partial charge is 0.252 e. The largest absolute Gasteiger partial charge is 0.368 e. The Labute approximate surface area is 90.8 Å². The lowest BCUT2D eigenvalue weighted by Crippen LogP contribution is -2.45. The summed E-state index contributed by atoms with van der Waals surface area (Å²) in [6, 6.07) is 2.08. The highest BCUT2D eigenvalue weighted by Gasteiger charge is 2.27. The third-order valence-electron chi connectivity index (χ3n) is 2.60. The molecule has 1 heterocycles. The highest BCUT2D eigenvalue weighted by atomic mass is 16.5. The van der Waals surface area contributed by atoms with Crippen molar-refractivity contribution in [1.82, 2.24) is 4.90 Å². The van der Waals surface area contributed by atoms with Crippen LogP contribution in [0.3, 0.4) is 0 Å². The molecule has 1 rings (SSSR count). The molecule has 1 aliphatic heterocycles. The number of amides is 1. The maximum Gasteiger partial charge on any atom is 0.252 e. The van der Waals surface area contributed by atoms with Crippen LogP contribution in [-0.4, -0.2) is 36.1 Å². The van der Waals surface area contributed by atoms with E-state index in [0.717, 1.165) is 19.3 Å². The molecule has 0 aliphatic carbocycles. The highest BCUT2D eigenvalue weighted by molar-refractivity contribution is 5.81. The summed E-state index contributed by atoms with van der Waals surface area (Å²) < 4.78 is 5.42. The van der Waals surface area contributed by atoms with Gasteiger partial charge < -0.3 is 9.64 Å². The number of carbonyl (C=O) groups is 1. The van der Waals surface area contributed by atoms with Crippen LogP contribution in [0.1, 0.15) is 33.1 Å². The van der Waals surface area contributed by atoms with E-state index in [1.165, 1.54) is 0 Å². The highest BCUT2D eigenvalue weighted by Crippen LogP contribution is 2.16. The minimum absolute atomic E-state index is 0.0359. The van der Waals surface area contributed by atoms with E-state index in [4.69, 9.17) is 10.00 Å². The Balaban J connectivity index is 2.58. The van der Waals surface area contributed by atoms with Crippen molar-refractivity contribution in [3.05, 3.63) is 0 Å². The number of hydrogen-bond acceptors (Lipinski definition) is 3. The summed E-state index contributed by atoms with van der Waals surface area (Å²) in [5.74, 6) is -0.0359. The van der Waals surface area contributed by atoms with E-state index in [-0.39, 0.29) is 24.6 Å². The average Bonchev–Trinajstić information content (AvgIpc) is 2.26. The quantitative estimate of drug-likeness (QED) is 0.660. The van der Waals surface area contributed by atoms with Crippen molar-refractivity contribution in [3.63, 3.8) is 0 Å². The second kappa shape index (κ2) is 5.72. The first-order valence-corrected chi connectivity index (χ1v) is 5.46. The fourth-order valence-electron chi connectivity index (χ4n) is 1.71. The van der Waals surface area contributed by atoms with Crippen LogP contribution in [0.5, 0.6) is 0 Å². The Morgan fingerprint density at radius 1 is 1.60 bits per heavy atom. The van der Waals surface area contributed by atoms with E-state index >= 15 is 0 Å². The van der Waals surface area contributed by atoms with Crippen molar-refractivity contribution in [2.45, 2.75) is 45.3 Å². The standard InChI is InChI=1S/C11H18N2O2/c1-9(2)13(7-6-12)11(14)10-5-3-4-8-15-10/h9-10H,3-5,7-8H2,1-2H3. The number of nitrogens with zero attached hydrogens (tertiary/aromatic N) is 2. The minimum Gasteiger partial charge on any atom is -0.368 e. The summed E-state index contributed by atoms with van der Waals surface area (Å²) in [7, 11) is 0. The average molecular weight is 210 g/mol. The van der Waals surface area contributed by atoms with Gasteiger partial charge in [-0.1, -0.05) is 0 Å². The lowest BCUT2D eigenvalue weighted by atomic mass is 10.1. The van der Waals surface area contributed by atoms with Gasteiger partial charge in [-0.2, -0.15) is 5.26 Å². The first-order valence-electron chi connectivity index (χ1n) is 5.46. The van der Waals surface area contributed by atoms with Gasteiger partial charge in [-0.25, -0.2) is 0 Å². The van der Waals surface area contributed by atoms with E-state index in [0.29, 0.717) is 6.61 Å². The van der Waals surface area contributed by atoms with Gasteiger partial charge in [0.1, 0.15) is 12.6 Å². The third-order valence-corrected chi connectivity index (χ3v) is 2.60. The first kappa shape index (κ1) is 12.0. The molecule has 0 N–H and O–H groups in total. The van der Waals surface area contributed by atoms with Crippen LogP contribution in [0.2, 0.25) is 0 Å². The number of rotatable bonds is 3. The Bertz CT molecular complexity index is 252. The Morgan fingerprint density at radius 2 is 2.33 bits per heavy atom. The summed E-state index contributed by atoms with van der Waals surface area (Å²) in [5.41, 5.74) is 0. The van der Waals surface area contributed by atoms with E-state index in [1.807, 2.05) is 19.9 Å². The second-order valence-corrected chi connectivity index (χ2v) is 4.07. The van der Waals surface area contributed by atoms with Gasteiger partial charge in [-0.15, -0.1) is 0 Å². The topological polar surface area (TPSA) is 53.3 Å². The number of hydrogen-bond donors (Lipinski definition) is 0. The molecule has 1 amide bonds. The molecule has 0 spiro atoms. The fourth-order valence-corrected chi connectivity index (χ4v) is 1.71. The van der Waals surface area contributed by atoms with Gasteiger partial charge >= 0.3 is 0 Å². The summed E-state index contributed by atoms with van der Waals surface area (Å²) in [6.07, 6.45) is 2.53. The van der Waals surface area contributed by atoms with Crippen LogP contribution in [-0.2, 0) is 9.53 Å². The predicted octanol–water partition coefficient (Wildman–Crippen LogP) is 1.32. The Kier molecular flexibility index (Phi) is 4.57. The fraction of sp³-hybridized carbons (Fsp3) is 0.818. The van der Waals surface area contributed by atoms with Crippen molar-refractivity contribution in [1.29, 1.82) is 5.26 Å². The van der Waals surface area contributed by atoms with Gasteiger partial charge in [0.25, 0.3) is 5.91 Å².